The second kappa shape index (κ2) is 5.03. The van der Waals surface area contributed by atoms with Gasteiger partial charge in [-0.3, -0.25) is 0 Å². The molecule has 0 amide bonds. The zero-order chi connectivity index (χ0) is 12.4. The van der Waals surface area contributed by atoms with E-state index in [4.69, 9.17) is 4.43 Å². The molecule has 0 aromatic heterocycles. The number of aliphatic hydroxyl groups is 1. The van der Waals surface area contributed by atoms with Gasteiger partial charge in [-0.1, -0.05) is 32.9 Å². The lowest BCUT2D eigenvalue weighted by atomic mass is 9.93. The van der Waals surface area contributed by atoms with Crippen molar-refractivity contribution < 1.29 is 9.53 Å². The molecule has 0 heterocycles. The van der Waals surface area contributed by atoms with Crippen LogP contribution in [0.15, 0.2) is 12.2 Å². The van der Waals surface area contributed by atoms with Crippen LogP contribution in [0.1, 0.15) is 33.6 Å². The van der Waals surface area contributed by atoms with Crippen LogP contribution < -0.4 is 0 Å². The highest BCUT2D eigenvalue weighted by atomic mass is 28.4. The number of hydrogen-bond acceptors (Lipinski definition) is 2. The minimum atomic E-state index is -1.62. The topological polar surface area (TPSA) is 29.5 Å². The first-order valence-electron chi connectivity index (χ1n) is 6.21. The average molecular weight is 242 g/mol. The molecule has 0 unspecified atom stereocenters. The summed E-state index contributed by atoms with van der Waals surface area (Å²) in [7, 11) is -1.62. The first-order valence-corrected chi connectivity index (χ1v) is 9.12. The molecule has 2 nitrogen and oxygen atoms in total. The molecular weight excluding hydrogens is 216 g/mol. The molecule has 0 bridgehead atoms. The van der Waals surface area contributed by atoms with Gasteiger partial charge in [0.05, 0.1) is 6.10 Å². The maximum Gasteiger partial charge on any atom is 0.191 e. The van der Waals surface area contributed by atoms with Gasteiger partial charge in [-0.2, -0.15) is 0 Å². The molecule has 94 valence electrons. The lowest BCUT2D eigenvalue weighted by Crippen LogP contribution is -2.42. The number of aliphatic hydroxyl groups excluding tert-OH is 1. The van der Waals surface area contributed by atoms with Crippen molar-refractivity contribution >= 4 is 8.32 Å². The van der Waals surface area contributed by atoms with Gasteiger partial charge < -0.3 is 9.53 Å². The summed E-state index contributed by atoms with van der Waals surface area (Å²) in [4.78, 5) is 0. The van der Waals surface area contributed by atoms with E-state index < -0.39 is 8.32 Å². The molecule has 3 heteroatoms. The van der Waals surface area contributed by atoms with Gasteiger partial charge in [0.25, 0.3) is 0 Å². The molecule has 16 heavy (non-hydrogen) atoms. The molecule has 0 aromatic rings. The Morgan fingerprint density at radius 2 is 2.00 bits per heavy atom. The summed E-state index contributed by atoms with van der Waals surface area (Å²) in [5.41, 5.74) is 0. The lowest BCUT2D eigenvalue weighted by Gasteiger charge is -2.37. The van der Waals surface area contributed by atoms with Crippen molar-refractivity contribution in [3.05, 3.63) is 12.2 Å². The van der Waals surface area contributed by atoms with Crippen molar-refractivity contribution in [2.75, 3.05) is 6.61 Å². The molecule has 1 rings (SSSR count). The third kappa shape index (κ3) is 3.72. The number of rotatable bonds is 3. The smallest absolute Gasteiger partial charge is 0.191 e. The molecule has 1 aliphatic rings. The summed E-state index contributed by atoms with van der Waals surface area (Å²) >= 11 is 0. The third-order valence-electron chi connectivity index (χ3n) is 3.89. The normalized spacial score (nSPS) is 27.1. The van der Waals surface area contributed by atoms with Gasteiger partial charge in [0, 0.05) is 6.61 Å². The van der Waals surface area contributed by atoms with Crippen LogP contribution >= 0.6 is 0 Å². The fourth-order valence-corrected chi connectivity index (χ4v) is 2.71. The first-order chi connectivity index (χ1) is 7.22. The Bertz CT molecular complexity index is 253. The van der Waals surface area contributed by atoms with E-state index in [9.17, 15) is 5.11 Å². The van der Waals surface area contributed by atoms with Crippen LogP contribution in [0, 0.1) is 5.92 Å². The van der Waals surface area contributed by atoms with E-state index >= 15 is 0 Å². The van der Waals surface area contributed by atoms with Gasteiger partial charge in [-0.15, -0.1) is 0 Å². The predicted octanol–water partition coefficient (Wildman–Crippen LogP) is 3.34. The second-order valence-electron chi connectivity index (χ2n) is 6.40. The molecule has 0 saturated carbocycles. The molecule has 0 radical (unpaired) electrons. The van der Waals surface area contributed by atoms with E-state index in [0.29, 0.717) is 5.92 Å². The van der Waals surface area contributed by atoms with Crippen molar-refractivity contribution in [1.29, 1.82) is 0 Å². The van der Waals surface area contributed by atoms with Crippen molar-refractivity contribution in [3.63, 3.8) is 0 Å². The molecule has 1 N–H and O–H groups in total. The Hall–Kier alpha value is -0.123. The Balaban J connectivity index is 2.43. The highest BCUT2D eigenvalue weighted by Gasteiger charge is 2.37. The SMILES string of the molecule is CC(C)(C)[Si](C)(C)OC[C@H]1CC=C[C@@H](O)C1. The number of hydrogen-bond donors (Lipinski definition) is 1. The molecule has 0 aromatic carbocycles. The average Bonchev–Trinajstić information content (AvgIpc) is 2.13. The maximum atomic E-state index is 9.54. The van der Waals surface area contributed by atoms with Gasteiger partial charge >= 0.3 is 0 Å². The van der Waals surface area contributed by atoms with Crippen LogP contribution in [0.2, 0.25) is 18.1 Å². The molecule has 0 saturated heterocycles. The molecule has 0 spiro atoms. The Morgan fingerprint density at radius 3 is 2.50 bits per heavy atom. The molecule has 1 aliphatic carbocycles. The summed E-state index contributed by atoms with van der Waals surface area (Å²) in [6, 6.07) is 0. The van der Waals surface area contributed by atoms with Crippen molar-refractivity contribution in [1.82, 2.24) is 0 Å². The van der Waals surface area contributed by atoms with Gasteiger partial charge in [0.2, 0.25) is 0 Å². The van der Waals surface area contributed by atoms with Gasteiger partial charge in [-0.25, -0.2) is 0 Å². The predicted molar refractivity (Wildman–Crippen MR) is 71.0 cm³/mol. The molecular formula is C13H26O2Si. The van der Waals surface area contributed by atoms with E-state index in [1.165, 1.54) is 0 Å². The minimum Gasteiger partial charge on any atom is -0.417 e. The van der Waals surface area contributed by atoms with Gasteiger partial charge in [0.15, 0.2) is 8.32 Å². The summed E-state index contributed by atoms with van der Waals surface area (Å²) < 4.78 is 6.18. The molecule has 0 aliphatic heterocycles. The quantitative estimate of drug-likeness (QED) is 0.607. The standard InChI is InChI=1S/C13H26O2Si/c1-13(2,3)16(4,5)15-10-11-7-6-8-12(14)9-11/h6,8,11-12,14H,7,9-10H2,1-5H3/t11-,12+/m0/s1. The largest absolute Gasteiger partial charge is 0.417 e. The summed E-state index contributed by atoms with van der Waals surface area (Å²) in [6.07, 6.45) is 5.61. The van der Waals surface area contributed by atoms with E-state index in [2.05, 4.69) is 39.9 Å². The zero-order valence-corrected chi connectivity index (χ0v) is 12.3. The second-order valence-corrected chi connectivity index (χ2v) is 11.2. The Morgan fingerprint density at radius 1 is 1.38 bits per heavy atom. The van der Waals surface area contributed by atoms with Crippen LogP contribution in [0.5, 0.6) is 0 Å². The summed E-state index contributed by atoms with van der Waals surface area (Å²) in [6.45, 7) is 12.1. The zero-order valence-electron chi connectivity index (χ0n) is 11.3. The first kappa shape index (κ1) is 13.9. The minimum absolute atomic E-state index is 0.262. The van der Waals surface area contributed by atoms with Crippen LogP contribution in [0.4, 0.5) is 0 Å². The fraction of sp³-hybridized carbons (Fsp3) is 0.846. The van der Waals surface area contributed by atoms with E-state index in [1.807, 2.05) is 6.08 Å². The van der Waals surface area contributed by atoms with Crippen LogP contribution in [-0.4, -0.2) is 26.1 Å². The van der Waals surface area contributed by atoms with Crippen molar-refractivity contribution in [3.8, 4) is 0 Å². The summed E-state index contributed by atoms with van der Waals surface area (Å²) in [5.74, 6) is 0.495. The lowest BCUT2D eigenvalue weighted by molar-refractivity contribution is 0.142. The fourth-order valence-electron chi connectivity index (χ4n) is 1.62. The van der Waals surface area contributed by atoms with Crippen LogP contribution in [0.3, 0.4) is 0 Å². The van der Waals surface area contributed by atoms with Crippen molar-refractivity contribution in [2.24, 2.45) is 5.92 Å². The van der Waals surface area contributed by atoms with Crippen molar-refractivity contribution in [2.45, 2.75) is 57.8 Å². The van der Waals surface area contributed by atoms with Crippen LogP contribution in [0.25, 0.3) is 0 Å². The monoisotopic (exact) mass is 242 g/mol. The van der Waals surface area contributed by atoms with E-state index in [0.717, 1.165) is 19.4 Å². The molecule has 0 fully saturated rings. The maximum absolute atomic E-state index is 9.54. The number of allylic oxidation sites excluding steroid dienone is 1. The highest BCUT2D eigenvalue weighted by molar-refractivity contribution is 6.74. The summed E-state index contributed by atoms with van der Waals surface area (Å²) in [5, 5.41) is 9.81. The van der Waals surface area contributed by atoms with Gasteiger partial charge in [-0.05, 0) is 36.9 Å². The van der Waals surface area contributed by atoms with E-state index in [-0.39, 0.29) is 11.1 Å². The van der Waals surface area contributed by atoms with E-state index in [1.54, 1.807) is 0 Å². The third-order valence-corrected chi connectivity index (χ3v) is 8.39. The Kier molecular flexibility index (Phi) is 4.38. The van der Waals surface area contributed by atoms with Crippen LogP contribution in [-0.2, 0) is 4.43 Å². The van der Waals surface area contributed by atoms with Gasteiger partial charge in [0.1, 0.15) is 0 Å². The molecule has 2 atom stereocenters. The highest BCUT2D eigenvalue weighted by Crippen LogP contribution is 2.37. The Labute approximate surface area is 101 Å².